The summed E-state index contributed by atoms with van der Waals surface area (Å²) >= 11 is 0. The summed E-state index contributed by atoms with van der Waals surface area (Å²) in [5.41, 5.74) is 0.502. The topological polar surface area (TPSA) is 63.4 Å². The molecule has 0 bridgehead atoms. The second-order valence-electron chi connectivity index (χ2n) is 5.69. The van der Waals surface area contributed by atoms with Gasteiger partial charge in [-0.05, 0) is 29.0 Å². The maximum atomic E-state index is 12.9. The number of benzene rings is 3. The van der Waals surface area contributed by atoms with Crippen LogP contribution < -0.4 is 10.5 Å². The van der Waals surface area contributed by atoms with Gasteiger partial charge in [0.25, 0.3) is 5.91 Å². The van der Waals surface area contributed by atoms with Gasteiger partial charge in [-0.2, -0.15) is 4.98 Å². The average Bonchev–Trinajstić information content (AvgIpc) is 2.66. The molecule has 0 atom stereocenters. The maximum Gasteiger partial charge on any atom is 0.348 e. The second-order valence-corrected chi connectivity index (χ2v) is 5.69. The molecule has 0 radical (unpaired) electrons. The number of hydrogen-bond acceptors (Lipinski definition) is 4. The smallest absolute Gasteiger partial charge is 0.348 e. The summed E-state index contributed by atoms with van der Waals surface area (Å²) in [6.07, 6.45) is 0. The first-order chi connectivity index (χ1) is 12.1. The molecule has 25 heavy (non-hydrogen) atoms. The van der Waals surface area contributed by atoms with Crippen LogP contribution in [0.3, 0.4) is 0 Å². The van der Waals surface area contributed by atoms with Crippen LogP contribution in [0.25, 0.3) is 21.7 Å². The van der Waals surface area contributed by atoms with E-state index in [1.165, 1.54) is 4.90 Å². The number of para-hydroxylation sites is 1. The molecule has 1 amide bonds. The molecule has 0 spiro atoms. The Morgan fingerprint density at radius 1 is 0.920 bits per heavy atom. The summed E-state index contributed by atoms with van der Waals surface area (Å²) in [6, 6.07) is 20.0. The van der Waals surface area contributed by atoms with Gasteiger partial charge in [0.2, 0.25) is 0 Å². The van der Waals surface area contributed by atoms with Crippen molar-refractivity contribution < 1.29 is 9.21 Å². The van der Waals surface area contributed by atoms with E-state index in [4.69, 9.17) is 4.42 Å². The first-order valence-corrected chi connectivity index (χ1v) is 7.81. The second kappa shape index (κ2) is 5.87. The number of rotatable bonds is 2. The van der Waals surface area contributed by atoms with Crippen LogP contribution in [-0.2, 0) is 0 Å². The van der Waals surface area contributed by atoms with Gasteiger partial charge in [0.15, 0.2) is 0 Å². The molecule has 3 aromatic carbocycles. The molecule has 0 saturated carbocycles. The minimum Gasteiger partial charge on any atom is -0.388 e. The zero-order valence-corrected chi connectivity index (χ0v) is 13.5. The molecule has 0 unspecified atom stereocenters. The highest BCUT2D eigenvalue weighted by molar-refractivity contribution is 6.13. The summed E-state index contributed by atoms with van der Waals surface area (Å²) in [6.45, 7) is 0. The monoisotopic (exact) mass is 330 g/mol. The number of aromatic nitrogens is 1. The molecule has 1 heterocycles. The van der Waals surface area contributed by atoms with E-state index in [1.807, 2.05) is 36.4 Å². The number of anilines is 1. The maximum absolute atomic E-state index is 12.9. The zero-order valence-electron chi connectivity index (χ0n) is 13.5. The van der Waals surface area contributed by atoms with E-state index >= 15 is 0 Å². The van der Waals surface area contributed by atoms with E-state index in [-0.39, 0.29) is 11.9 Å². The zero-order chi connectivity index (χ0) is 17.4. The quantitative estimate of drug-likeness (QED) is 0.563. The van der Waals surface area contributed by atoms with Gasteiger partial charge in [0.1, 0.15) is 0 Å². The van der Waals surface area contributed by atoms with Gasteiger partial charge in [-0.25, -0.2) is 4.79 Å². The number of hydrogen-bond donors (Lipinski definition) is 0. The molecule has 0 aliphatic heterocycles. The lowest BCUT2D eigenvalue weighted by molar-refractivity contribution is 0.0989. The van der Waals surface area contributed by atoms with Crippen molar-refractivity contribution in [1.29, 1.82) is 0 Å². The highest BCUT2D eigenvalue weighted by Crippen LogP contribution is 2.22. The normalized spacial score (nSPS) is 10.9. The predicted octanol–water partition coefficient (Wildman–Crippen LogP) is 3.62. The Bertz CT molecular complexity index is 1160. The molecular formula is C20H14N2O3. The van der Waals surface area contributed by atoms with Crippen molar-refractivity contribution >= 4 is 33.6 Å². The van der Waals surface area contributed by atoms with Gasteiger partial charge >= 0.3 is 11.6 Å². The Labute approximate surface area is 143 Å². The van der Waals surface area contributed by atoms with E-state index in [0.717, 1.165) is 10.8 Å². The van der Waals surface area contributed by atoms with Crippen LogP contribution in [0.2, 0.25) is 0 Å². The number of nitrogens with zero attached hydrogens (tertiary/aromatic N) is 2. The Morgan fingerprint density at radius 3 is 2.44 bits per heavy atom. The lowest BCUT2D eigenvalue weighted by Gasteiger charge is -2.15. The summed E-state index contributed by atoms with van der Waals surface area (Å²) in [5.74, 6) is -0.289. The molecule has 0 N–H and O–H groups in total. The van der Waals surface area contributed by atoms with Gasteiger partial charge in [0, 0.05) is 12.6 Å². The Hall–Kier alpha value is -3.47. The van der Waals surface area contributed by atoms with Crippen molar-refractivity contribution in [3.8, 4) is 0 Å². The summed E-state index contributed by atoms with van der Waals surface area (Å²) < 4.78 is 5.25. The van der Waals surface area contributed by atoms with Crippen molar-refractivity contribution in [2.75, 3.05) is 11.9 Å². The Morgan fingerprint density at radius 2 is 1.60 bits per heavy atom. The van der Waals surface area contributed by atoms with Crippen LogP contribution in [0.4, 0.5) is 6.01 Å². The summed E-state index contributed by atoms with van der Waals surface area (Å²) in [5, 5.41) is 2.19. The third kappa shape index (κ3) is 2.55. The number of carbonyl (C=O) groups excluding carboxylic acids is 1. The van der Waals surface area contributed by atoms with Crippen molar-refractivity contribution in [3.63, 3.8) is 0 Å². The van der Waals surface area contributed by atoms with Crippen LogP contribution in [0.1, 0.15) is 10.4 Å². The van der Waals surface area contributed by atoms with Crippen LogP contribution >= 0.6 is 0 Å². The van der Waals surface area contributed by atoms with Gasteiger partial charge < -0.3 is 4.42 Å². The molecule has 0 fully saturated rings. The van der Waals surface area contributed by atoms with Crippen LogP contribution in [0.5, 0.6) is 0 Å². The SMILES string of the molecule is CN(C(=O)c1cccc2ccccc12)c1nc2ccccc2c(=O)o1. The highest BCUT2D eigenvalue weighted by atomic mass is 16.4. The molecule has 122 valence electrons. The minimum atomic E-state index is -0.516. The molecule has 0 aliphatic rings. The fourth-order valence-corrected chi connectivity index (χ4v) is 2.83. The Balaban J connectivity index is 1.81. The van der Waals surface area contributed by atoms with E-state index in [2.05, 4.69) is 4.98 Å². The van der Waals surface area contributed by atoms with Crippen molar-refractivity contribution in [1.82, 2.24) is 4.98 Å². The first kappa shape index (κ1) is 15.1. The van der Waals surface area contributed by atoms with E-state index < -0.39 is 5.63 Å². The molecule has 0 saturated heterocycles. The van der Waals surface area contributed by atoms with Crippen molar-refractivity contribution in [2.45, 2.75) is 0 Å². The molecule has 4 rings (SSSR count). The lowest BCUT2D eigenvalue weighted by atomic mass is 10.0. The van der Waals surface area contributed by atoms with Gasteiger partial charge in [0.05, 0.1) is 10.9 Å². The highest BCUT2D eigenvalue weighted by Gasteiger charge is 2.20. The predicted molar refractivity (Wildman–Crippen MR) is 97.0 cm³/mol. The third-order valence-electron chi connectivity index (χ3n) is 4.14. The standard InChI is InChI=1S/C20H14N2O3/c1-22(20-21-17-12-5-4-10-16(17)19(24)25-20)18(23)15-11-6-8-13-7-2-3-9-14(13)15/h2-12H,1H3. The number of carbonyl (C=O) groups is 1. The van der Waals surface area contributed by atoms with Crippen LogP contribution in [0, 0.1) is 0 Å². The number of fused-ring (bicyclic) bond motifs is 2. The fraction of sp³-hybridized carbons (Fsp3) is 0.0500. The van der Waals surface area contributed by atoms with Gasteiger partial charge in [-0.3, -0.25) is 9.69 Å². The fourth-order valence-electron chi connectivity index (χ4n) is 2.83. The van der Waals surface area contributed by atoms with E-state index in [9.17, 15) is 9.59 Å². The Kier molecular flexibility index (Phi) is 3.54. The average molecular weight is 330 g/mol. The summed E-state index contributed by atoms with van der Waals surface area (Å²) in [4.78, 5) is 30.6. The molecule has 5 heteroatoms. The first-order valence-electron chi connectivity index (χ1n) is 7.81. The van der Waals surface area contributed by atoms with Gasteiger partial charge in [-0.15, -0.1) is 0 Å². The molecule has 0 aliphatic carbocycles. The molecular weight excluding hydrogens is 316 g/mol. The third-order valence-corrected chi connectivity index (χ3v) is 4.14. The number of amides is 1. The molecule has 4 aromatic rings. The van der Waals surface area contributed by atoms with Crippen molar-refractivity contribution in [3.05, 3.63) is 82.7 Å². The lowest BCUT2D eigenvalue weighted by Crippen LogP contribution is -2.28. The van der Waals surface area contributed by atoms with E-state index in [0.29, 0.717) is 16.5 Å². The summed E-state index contributed by atoms with van der Waals surface area (Å²) in [7, 11) is 1.55. The van der Waals surface area contributed by atoms with Crippen LogP contribution in [0.15, 0.2) is 75.9 Å². The molecule has 5 nitrogen and oxygen atoms in total. The van der Waals surface area contributed by atoms with Crippen LogP contribution in [-0.4, -0.2) is 17.9 Å². The largest absolute Gasteiger partial charge is 0.388 e. The van der Waals surface area contributed by atoms with Gasteiger partial charge in [-0.1, -0.05) is 48.5 Å². The van der Waals surface area contributed by atoms with Crippen molar-refractivity contribution in [2.24, 2.45) is 0 Å². The molecule has 1 aromatic heterocycles. The van der Waals surface area contributed by atoms with E-state index in [1.54, 1.807) is 37.4 Å². The minimum absolute atomic E-state index is 0.0263.